The lowest BCUT2D eigenvalue weighted by Gasteiger charge is -2.20. The molecule has 1 atom stereocenters. The van der Waals surface area contributed by atoms with Crippen LogP contribution in [-0.4, -0.2) is 45.9 Å². The number of nitrogens with one attached hydrogen (secondary N) is 1. The van der Waals surface area contributed by atoms with Gasteiger partial charge in [-0.2, -0.15) is 13.2 Å². The van der Waals surface area contributed by atoms with E-state index in [0.717, 1.165) is 12.8 Å². The highest BCUT2D eigenvalue weighted by atomic mass is 32.1. The van der Waals surface area contributed by atoms with Crippen molar-refractivity contribution in [3.8, 4) is 0 Å². The first-order valence-corrected chi connectivity index (χ1v) is 7.29. The van der Waals surface area contributed by atoms with Crippen molar-refractivity contribution in [3.05, 3.63) is 5.01 Å². The summed E-state index contributed by atoms with van der Waals surface area (Å²) in [6.45, 7) is 1.05. The minimum Gasteiger partial charge on any atom is -0.396 e. The lowest BCUT2D eigenvalue weighted by Crippen LogP contribution is -2.35. The molecule has 118 valence electrons. The number of alkyl halides is 3. The van der Waals surface area contributed by atoms with Gasteiger partial charge in [-0.1, -0.05) is 11.3 Å². The number of anilines is 1. The van der Waals surface area contributed by atoms with Gasteiger partial charge < -0.3 is 10.0 Å². The third-order valence-corrected chi connectivity index (χ3v) is 4.16. The summed E-state index contributed by atoms with van der Waals surface area (Å²) in [5.41, 5.74) is 0. The number of aliphatic hydroxyl groups is 1. The van der Waals surface area contributed by atoms with Gasteiger partial charge in [0.15, 0.2) is 0 Å². The molecule has 0 aromatic carbocycles. The second-order valence-corrected chi connectivity index (χ2v) is 5.78. The Kier molecular flexibility index (Phi) is 4.99. The van der Waals surface area contributed by atoms with E-state index in [4.69, 9.17) is 5.11 Å². The van der Waals surface area contributed by atoms with Crippen LogP contribution in [0.25, 0.3) is 0 Å². The summed E-state index contributed by atoms with van der Waals surface area (Å²) in [4.78, 5) is 13.5. The normalized spacial score (nSPS) is 20.2. The van der Waals surface area contributed by atoms with Gasteiger partial charge in [-0.3, -0.25) is 5.32 Å². The molecule has 0 aliphatic carbocycles. The first kappa shape index (κ1) is 16.0. The number of rotatable bonds is 2. The minimum absolute atomic E-state index is 0.0841. The topological polar surface area (TPSA) is 78.4 Å². The second kappa shape index (κ2) is 6.56. The number of likely N-dealkylation sites (tertiary alicyclic amines) is 1. The Morgan fingerprint density at radius 1 is 1.38 bits per heavy atom. The average Bonchev–Trinajstić information content (AvgIpc) is 2.75. The Labute approximate surface area is 123 Å². The first-order chi connectivity index (χ1) is 9.90. The van der Waals surface area contributed by atoms with Gasteiger partial charge in [0, 0.05) is 19.7 Å². The molecule has 0 bridgehead atoms. The van der Waals surface area contributed by atoms with E-state index < -0.39 is 17.2 Å². The van der Waals surface area contributed by atoms with Gasteiger partial charge in [-0.05, 0) is 25.2 Å². The van der Waals surface area contributed by atoms with Crippen molar-refractivity contribution < 1.29 is 23.1 Å². The third-order valence-electron chi connectivity index (χ3n) is 3.27. The zero-order valence-corrected chi connectivity index (χ0v) is 11.9. The summed E-state index contributed by atoms with van der Waals surface area (Å²) in [6.07, 6.45) is -2.30. The number of aromatic nitrogens is 2. The fraction of sp³-hybridized carbons (Fsp3) is 0.727. The number of halogens is 3. The molecule has 10 heteroatoms. The fourth-order valence-electron chi connectivity index (χ4n) is 2.11. The smallest absolute Gasteiger partial charge is 0.396 e. The Morgan fingerprint density at radius 2 is 2.14 bits per heavy atom. The van der Waals surface area contributed by atoms with Crippen molar-refractivity contribution >= 4 is 22.5 Å². The van der Waals surface area contributed by atoms with Crippen molar-refractivity contribution in [1.82, 2.24) is 15.1 Å². The van der Waals surface area contributed by atoms with E-state index in [9.17, 15) is 18.0 Å². The molecular weight excluding hydrogens is 309 g/mol. The van der Waals surface area contributed by atoms with E-state index in [-0.39, 0.29) is 17.7 Å². The predicted molar refractivity (Wildman–Crippen MR) is 69.9 cm³/mol. The van der Waals surface area contributed by atoms with Crippen LogP contribution in [0.5, 0.6) is 0 Å². The highest BCUT2D eigenvalue weighted by Gasteiger charge is 2.36. The molecule has 0 spiro atoms. The maximum atomic E-state index is 12.4. The van der Waals surface area contributed by atoms with Gasteiger partial charge in [-0.15, -0.1) is 10.2 Å². The number of carbonyl (C=O) groups is 1. The van der Waals surface area contributed by atoms with Crippen LogP contribution in [0, 0.1) is 5.92 Å². The molecule has 1 aromatic rings. The zero-order chi connectivity index (χ0) is 15.5. The summed E-state index contributed by atoms with van der Waals surface area (Å²) in [5, 5.41) is 16.5. The van der Waals surface area contributed by atoms with E-state index in [1.165, 1.54) is 4.90 Å². The molecule has 21 heavy (non-hydrogen) atoms. The van der Waals surface area contributed by atoms with Crippen LogP contribution < -0.4 is 5.32 Å². The fourth-order valence-corrected chi connectivity index (χ4v) is 2.71. The third kappa shape index (κ3) is 4.27. The number of carbonyl (C=O) groups excluding carboxylic acids is 1. The van der Waals surface area contributed by atoms with E-state index in [2.05, 4.69) is 15.5 Å². The van der Waals surface area contributed by atoms with E-state index in [1.807, 2.05) is 0 Å². The maximum absolute atomic E-state index is 12.4. The molecule has 1 unspecified atom stereocenters. The van der Waals surface area contributed by atoms with Gasteiger partial charge in [0.2, 0.25) is 10.1 Å². The van der Waals surface area contributed by atoms with Gasteiger partial charge in [0.1, 0.15) is 0 Å². The van der Waals surface area contributed by atoms with Crippen LogP contribution in [0.3, 0.4) is 0 Å². The molecule has 2 amide bonds. The number of nitrogens with zero attached hydrogens (tertiary/aromatic N) is 3. The SMILES string of the molecule is O=C(Nc1nnc(C(F)(F)F)s1)N1CCCC(CO)CC1. The molecule has 2 rings (SSSR count). The van der Waals surface area contributed by atoms with Crippen molar-refractivity contribution in [1.29, 1.82) is 0 Å². The standard InChI is InChI=1S/C11H15F3N4O2S/c12-11(13,14)8-16-17-9(21-8)15-10(20)18-4-1-2-7(6-19)3-5-18/h7,19H,1-6H2,(H,15,17,20). The Morgan fingerprint density at radius 3 is 2.76 bits per heavy atom. The quantitative estimate of drug-likeness (QED) is 0.874. The second-order valence-electron chi connectivity index (χ2n) is 4.81. The maximum Gasteiger partial charge on any atom is 0.445 e. The number of hydrogen-bond donors (Lipinski definition) is 2. The van der Waals surface area contributed by atoms with Gasteiger partial charge >= 0.3 is 12.2 Å². The number of aliphatic hydroxyl groups excluding tert-OH is 1. The van der Waals surface area contributed by atoms with Crippen molar-refractivity contribution in [2.24, 2.45) is 5.92 Å². The Balaban J connectivity index is 1.93. The molecule has 0 radical (unpaired) electrons. The molecule has 2 N–H and O–H groups in total. The van der Waals surface area contributed by atoms with Crippen LogP contribution in [0.4, 0.5) is 23.1 Å². The molecule has 2 heterocycles. The van der Waals surface area contributed by atoms with Crippen LogP contribution in [0.2, 0.25) is 0 Å². The molecular formula is C11H15F3N4O2S. The number of urea groups is 1. The van der Waals surface area contributed by atoms with Gasteiger partial charge in [0.05, 0.1) is 0 Å². The monoisotopic (exact) mass is 324 g/mol. The zero-order valence-electron chi connectivity index (χ0n) is 11.1. The van der Waals surface area contributed by atoms with Crippen LogP contribution in [0.15, 0.2) is 0 Å². The highest BCUT2D eigenvalue weighted by Crippen LogP contribution is 2.33. The molecule has 1 fully saturated rings. The molecule has 1 saturated heterocycles. The highest BCUT2D eigenvalue weighted by molar-refractivity contribution is 7.15. The van der Waals surface area contributed by atoms with Gasteiger partial charge in [-0.25, -0.2) is 4.79 Å². The minimum atomic E-state index is -4.56. The Bertz CT molecular complexity index is 494. The van der Waals surface area contributed by atoms with Crippen LogP contribution in [-0.2, 0) is 6.18 Å². The molecule has 1 aliphatic rings. The van der Waals surface area contributed by atoms with Crippen molar-refractivity contribution in [2.75, 3.05) is 25.0 Å². The number of amides is 2. The van der Waals surface area contributed by atoms with Crippen molar-refractivity contribution in [2.45, 2.75) is 25.4 Å². The van der Waals surface area contributed by atoms with E-state index in [1.54, 1.807) is 0 Å². The predicted octanol–water partition coefficient (Wildman–Crippen LogP) is 2.18. The van der Waals surface area contributed by atoms with E-state index in [0.29, 0.717) is 30.8 Å². The summed E-state index contributed by atoms with van der Waals surface area (Å²) < 4.78 is 37.2. The lowest BCUT2D eigenvalue weighted by molar-refractivity contribution is -0.138. The molecule has 6 nitrogen and oxygen atoms in total. The summed E-state index contributed by atoms with van der Waals surface area (Å²) in [7, 11) is 0. The summed E-state index contributed by atoms with van der Waals surface area (Å²) in [5.74, 6) is 0.168. The largest absolute Gasteiger partial charge is 0.445 e. The van der Waals surface area contributed by atoms with Crippen molar-refractivity contribution in [3.63, 3.8) is 0 Å². The Hall–Kier alpha value is -1.42. The van der Waals surface area contributed by atoms with Gasteiger partial charge in [0.25, 0.3) is 0 Å². The number of hydrogen-bond acceptors (Lipinski definition) is 5. The van der Waals surface area contributed by atoms with Crippen LogP contribution in [0.1, 0.15) is 24.3 Å². The van der Waals surface area contributed by atoms with Crippen LogP contribution >= 0.6 is 11.3 Å². The molecule has 0 saturated carbocycles. The summed E-state index contributed by atoms with van der Waals surface area (Å²) >= 11 is 0.297. The van der Waals surface area contributed by atoms with E-state index >= 15 is 0 Å². The lowest BCUT2D eigenvalue weighted by atomic mass is 10.0. The summed E-state index contributed by atoms with van der Waals surface area (Å²) in [6, 6.07) is -0.488. The average molecular weight is 324 g/mol. The molecule has 1 aliphatic heterocycles. The first-order valence-electron chi connectivity index (χ1n) is 6.47. The molecule has 1 aromatic heterocycles.